The van der Waals surface area contributed by atoms with Gasteiger partial charge in [-0.05, 0) is 63.1 Å². The van der Waals surface area contributed by atoms with E-state index in [1.807, 2.05) is 44.2 Å². The maximum Gasteiger partial charge on any atom is 0.249 e. The second-order valence-electron chi connectivity index (χ2n) is 6.38. The highest BCUT2D eigenvalue weighted by Gasteiger charge is 2.08. The minimum absolute atomic E-state index is 0.0866. The minimum atomic E-state index is 0.0866. The monoisotopic (exact) mass is 349 g/mol. The molecule has 0 amide bonds. The molecule has 2 aromatic carbocycles. The van der Waals surface area contributed by atoms with Crippen molar-refractivity contribution in [3.63, 3.8) is 0 Å². The van der Waals surface area contributed by atoms with E-state index in [0.717, 1.165) is 17.1 Å². The molecule has 26 heavy (non-hydrogen) atoms. The van der Waals surface area contributed by atoms with E-state index in [1.54, 1.807) is 6.20 Å². The third-order valence-electron chi connectivity index (χ3n) is 3.83. The van der Waals surface area contributed by atoms with Gasteiger partial charge in [-0.15, -0.1) is 5.10 Å². The summed E-state index contributed by atoms with van der Waals surface area (Å²) in [5.74, 6) is 1.79. The zero-order valence-corrected chi connectivity index (χ0v) is 15.4. The largest absolute Gasteiger partial charge is 0.489 e. The van der Waals surface area contributed by atoms with Crippen LogP contribution in [-0.2, 0) is 0 Å². The Morgan fingerprint density at radius 2 is 1.77 bits per heavy atom. The predicted octanol–water partition coefficient (Wildman–Crippen LogP) is 4.76. The van der Waals surface area contributed by atoms with Crippen LogP contribution in [0.5, 0.6) is 5.75 Å². The number of nitrogens with zero attached hydrogens (tertiary/aromatic N) is 3. The van der Waals surface area contributed by atoms with Crippen LogP contribution in [-0.4, -0.2) is 21.3 Å². The fourth-order valence-electron chi connectivity index (χ4n) is 2.43. The molecule has 0 atom stereocenters. The Morgan fingerprint density at radius 1 is 0.962 bits per heavy atom. The van der Waals surface area contributed by atoms with Gasteiger partial charge in [0, 0.05) is 5.69 Å². The normalized spacial score (nSPS) is 10.7. The number of rotatable bonds is 6. The Bertz CT molecular complexity index is 895. The van der Waals surface area contributed by atoms with Crippen LogP contribution in [0.3, 0.4) is 0 Å². The van der Waals surface area contributed by atoms with Gasteiger partial charge in [0.15, 0.2) is 5.82 Å². The summed E-state index contributed by atoms with van der Waals surface area (Å²) >= 11 is 0. The predicted molar refractivity (Wildman–Crippen MR) is 105 cm³/mol. The van der Waals surface area contributed by atoms with Crippen molar-refractivity contribution in [2.45, 2.75) is 33.8 Å². The van der Waals surface area contributed by atoms with Crippen molar-refractivity contribution in [3.05, 3.63) is 59.8 Å². The van der Waals surface area contributed by atoms with Gasteiger partial charge >= 0.3 is 0 Å². The summed E-state index contributed by atoms with van der Waals surface area (Å²) in [5, 5.41) is 14.5. The van der Waals surface area contributed by atoms with Crippen LogP contribution in [0.1, 0.15) is 25.0 Å². The molecule has 1 aromatic heterocycles. The van der Waals surface area contributed by atoms with Crippen molar-refractivity contribution in [1.82, 2.24) is 15.2 Å². The average Bonchev–Trinajstić information content (AvgIpc) is 2.60. The highest BCUT2D eigenvalue weighted by Crippen LogP contribution is 2.27. The van der Waals surface area contributed by atoms with Gasteiger partial charge in [-0.3, -0.25) is 0 Å². The first-order valence-corrected chi connectivity index (χ1v) is 8.58. The van der Waals surface area contributed by atoms with E-state index in [-0.39, 0.29) is 6.10 Å². The number of aryl methyl sites for hydroxylation is 2. The fourth-order valence-corrected chi connectivity index (χ4v) is 2.43. The van der Waals surface area contributed by atoms with Gasteiger partial charge in [0.25, 0.3) is 0 Å². The SMILES string of the molecule is Cc1ccc(Nc2nncc(Nc3ccccc3OC(C)C)n2)cc1C. The first kappa shape index (κ1) is 17.7. The lowest BCUT2D eigenvalue weighted by Gasteiger charge is -2.15. The molecule has 0 aliphatic carbocycles. The van der Waals surface area contributed by atoms with Crippen molar-refractivity contribution in [2.24, 2.45) is 0 Å². The number of nitrogens with one attached hydrogen (secondary N) is 2. The van der Waals surface area contributed by atoms with Crippen LogP contribution in [0.25, 0.3) is 0 Å². The molecule has 6 heteroatoms. The number of aromatic nitrogens is 3. The average molecular weight is 349 g/mol. The molecule has 3 aromatic rings. The molecule has 1 heterocycles. The second-order valence-corrected chi connectivity index (χ2v) is 6.38. The van der Waals surface area contributed by atoms with Crippen LogP contribution in [0.15, 0.2) is 48.7 Å². The molecule has 6 nitrogen and oxygen atoms in total. The van der Waals surface area contributed by atoms with E-state index in [2.05, 4.69) is 51.8 Å². The van der Waals surface area contributed by atoms with Crippen molar-refractivity contribution < 1.29 is 4.74 Å². The molecule has 0 fully saturated rings. The summed E-state index contributed by atoms with van der Waals surface area (Å²) < 4.78 is 5.83. The van der Waals surface area contributed by atoms with E-state index in [1.165, 1.54) is 11.1 Å². The number of hydrogen-bond acceptors (Lipinski definition) is 6. The molecule has 0 aliphatic rings. The van der Waals surface area contributed by atoms with Gasteiger partial charge in [0.05, 0.1) is 18.0 Å². The van der Waals surface area contributed by atoms with E-state index in [0.29, 0.717) is 11.8 Å². The van der Waals surface area contributed by atoms with E-state index < -0.39 is 0 Å². The number of benzene rings is 2. The Morgan fingerprint density at radius 3 is 2.54 bits per heavy atom. The molecule has 3 rings (SSSR count). The lowest BCUT2D eigenvalue weighted by molar-refractivity contribution is 0.244. The molecular formula is C20H23N5O. The summed E-state index contributed by atoms with van der Waals surface area (Å²) in [4.78, 5) is 4.48. The van der Waals surface area contributed by atoms with Crippen molar-refractivity contribution in [2.75, 3.05) is 10.6 Å². The van der Waals surface area contributed by atoms with Gasteiger partial charge < -0.3 is 15.4 Å². The maximum absolute atomic E-state index is 5.83. The molecule has 0 saturated heterocycles. The van der Waals surface area contributed by atoms with Gasteiger partial charge in [-0.1, -0.05) is 18.2 Å². The Labute approximate surface area is 153 Å². The molecule has 0 saturated carbocycles. The van der Waals surface area contributed by atoms with Crippen LogP contribution in [0, 0.1) is 13.8 Å². The molecule has 0 bridgehead atoms. The third kappa shape index (κ3) is 4.47. The lowest BCUT2D eigenvalue weighted by atomic mass is 10.1. The van der Waals surface area contributed by atoms with Crippen LogP contribution in [0.2, 0.25) is 0 Å². The molecule has 0 unspecified atom stereocenters. The van der Waals surface area contributed by atoms with Crippen molar-refractivity contribution in [1.29, 1.82) is 0 Å². The molecule has 0 radical (unpaired) electrons. The minimum Gasteiger partial charge on any atom is -0.489 e. The number of hydrogen-bond donors (Lipinski definition) is 2. The molecule has 134 valence electrons. The van der Waals surface area contributed by atoms with Crippen LogP contribution in [0.4, 0.5) is 23.1 Å². The quantitative estimate of drug-likeness (QED) is 0.668. The van der Waals surface area contributed by atoms with Crippen molar-refractivity contribution >= 4 is 23.1 Å². The van der Waals surface area contributed by atoms with E-state index in [4.69, 9.17) is 4.74 Å². The zero-order chi connectivity index (χ0) is 18.5. The molecular weight excluding hydrogens is 326 g/mol. The summed E-state index contributed by atoms with van der Waals surface area (Å²) in [6, 6.07) is 13.9. The summed E-state index contributed by atoms with van der Waals surface area (Å²) in [6.45, 7) is 8.14. The maximum atomic E-state index is 5.83. The highest BCUT2D eigenvalue weighted by atomic mass is 16.5. The Kier molecular flexibility index (Phi) is 5.31. The summed E-state index contributed by atoms with van der Waals surface area (Å²) in [6.07, 6.45) is 1.67. The fraction of sp³-hybridized carbons (Fsp3) is 0.250. The summed E-state index contributed by atoms with van der Waals surface area (Å²) in [7, 11) is 0. The van der Waals surface area contributed by atoms with Gasteiger partial charge in [0.2, 0.25) is 5.95 Å². The first-order chi connectivity index (χ1) is 12.5. The summed E-state index contributed by atoms with van der Waals surface area (Å²) in [5.41, 5.74) is 4.21. The number of anilines is 4. The lowest BCUT2D eigenvalue weighted by Crippen LogP contribution is -2.08. The third-order valence-corrected chi connectivity index (χ3v) is 3.83. The Balaban J connectivity index is 1.78. The molecule has 0 spiro atoms. The molecule has 2 N–H and O–H groups in total. The molecule has 0 aliphatic heterocycles. The number of para-hydroxylation sites is 2. The zero-order valence-electron chi connectivity index (χ0n) is 15.4. The van der Waals surface area contributed by atoms with E-state index >= 15 is 0 Å². The van der Waals surface area contributed by atoms with Crippen LogP contribution >= 0.6 is 0 Å². The second kappa shape index (κ2) is 7.82. The first-order valence-electron chi connectivity index (χ1n) is 8.58. The highest BCUT2D eigenvalue weighted by molar-refractivity contribution is 5.64. The number of ether oxygens (including phenoxy) is 1. The Hall–Kier alpha value is -3.15. The van der Waals surface area contributed by atoms with E-state index in [9.17, 15) is 0 Å². The van der Waals surface area contributed by atoms with Gasteiger partial charge in [-0.2, -0.15) is 10.1 Å². The van der Waals surface area contributed by atoms with Gasteiger partial charge in [0.1, 0.15) is 5.75 Å². The topological polar surface area (TPSA) is 72.0 Å². The standard InChI is InChI=1S/C20H23N5O/c1-13(2)26-18-8-6-5-7-17(18)23-19-12-21-25-20(24-19)22-16-10-9-14(3)15(4)11-16/h5-13H,1-4H3,(H2,22,23,24,25). The van der Waals surface area contributed by atoms with Crippen molar-refractivity contribution in [3.8, 4) is 5.75 Å². The van der Waals surface area contributed by atoms with Gasteiger partial charge in [-0.25, -0.2) is 0 Å². The van der Waals surface area contributed by atoms with Crippen LogP contribution < -0.4 is 15.4 Å². The smallest absolute Gasteiger partial charge is 0.249 e.